The fourth-order valence-corrected chi connectivity index (χ4v) is 3.95. The molecule has 1 aliphatic rings. The van der Waals surface area contributed by atoms with Crippen molar-refractivity contribution in [2.24, 2.45) is 0 Å². The first-order chi connectivity index (χ1) is 12.3. The SMILES string of the molecule is CN(Cc1cccc2[nH]ccc12)C1CCN(CCn2cccn2)CC1. The average molecular weight is 337 g/mol. The van der Waals surface area contributed by atoms with Crippen LogP contribution in [0.1, 0.15) is 18.4 Å². The number of hydrogen-bond donors (Lipinski definition) is 1. The highest BCUT2D eigenvalue weighted by Gasteiger charge is 2.22. The van der Waals surface area contributed by atoms with E-state index >= 15 is 0 Å². The number of likely N-dealkylation sites (tertiary alicyclic amines) is 1. The van der Waals surface area contributed by atoms with Gasteiger partial charge in [0.1, 0.15) is 0 Å². The first-order valence-corrected chi connectivity index (χ1v) is 9.24. The first-order valence-electron chi connectivity index (χ1n) is 9.24. The number of hydrogen-bond acceptors (Lipinski definition) is 3. The highest BCUT2D eigenvalue weighted by atomic mass is 15.3. The Labute approximate surface area is 149 Å². The Hall–Kier alpha value is -2.11. The second kappa shape index (κ2) is 7.42. The van der Waals surface area contributed by atoms with Crippen LogP contribution < -0.4 is 0 Å². The maximum absolute atomic E-state index is 4.29. The van der Waals surface area contributed by atoms with Gasteiger partial charge in [-0.3, -0.25) is 9.58 Å². The Morgan fingerprint density at radius 3 is 2.84 bits per heavy atom. The number of benzene rings is 1. The van der Waals surface area contributed by atoms with Crippen LogP contribution in [0.3, 0.4) is 0 Å². The zero-order chi connectivity index (χ0) is 17.1. The van der Waals surface area contributed by atoms with Crippen LogP contribution in [-0.2, 0) is 13.1 Å². The lowest BCUT2D eigenvalue weighted by atomic mass is 10.0. The molecule has 0 amide bonds. The minimum absolute atomic E-state index is 0.676. The molecule has 2 aromatic heterocycles. The smallest absolute Gasteiger partial charge is 0.0536 e. The fraction of sp³-hybridized carbons (Fsp3) is 0.450. The molecule has 3 aromatic rings. The van der Waals surface area contributed by atoms with Gasteiger partial charge in [0, 0.05) is 48.6 Å². The number of aromatic nitrogens is 3. The van der Waals surface area contributed by atoms with Gasteiger partial charge in [0.15, 0.2) is 0 Å². The van der Waals surface area contributed by atoms with Crippen molar-refractivity contribution in [2.75, 3.05) is 26.7 Å². The molecule has 132 valence electrons. The molecule has 5 heteroatoms. The van der Waals surface area contributed by atoms with Crippen molar-refractivity contribution in [1.29, 1.82) is 0 Å². The zero-order valence-corrected chi connectivity index (χ0v) is 14.9. The Morgan fingerprint density at radius 2 is 2.04 bits per heavy atom. The molecule has 0 aliphatic carbocycles. The molecule has 25 heavy (non-hydrogen) atoms. The molecule has 0 unspecified atom stereocenters. The summed E-state index contributed by atoms with van der Waals surface area (Å²) in [7, 11) is 2.27. The van der Waals surface area contributed by atoms with Crippen molar-refractivity contribution in [3.05, 3.63) is 54.5 Å². The topological polar surface area (TPSA) is 40.1 Å². The third kappa shape index (κ3) is 3.78. The Balaban J connectivity index is 1.29. The quantitative estimate of drug-likeness (QED) is 0.752. The van der Waals surface area contributed by atoms with Gasteiger partial charge in [-0.15, -0.1) is 0 Å². The van der Waals surface area contributed by atoms with Gasteiger partial charge in [-0.05, 0) is 56.7 Å². The lowest BCUT2D eigenvalue weighted by Gasteiger charge is -2.36. The molecular weight excluding hydrogens is 310 g/mol. The lowest BCUT2D eigenvalue weighted by Crippen LogP contribution is -2.43. The summed E-state index contributed by atoms with van der Waals surface area (Å²) in [5.41, 5.74) is 2.65. The molecule has 1 aromatic carbocycles. The number of nitrogens with one attached hydrogen (secondary N) is 1. The van der Waals surface area contributed by atoms with Crippen molar-refractivity contribution < 1.29 is 0 Å². The molecule has 5 nitrogen and oxygen atoms in total. The molecule has 0 bridgehead atoms. The summed E-state index contributed by atoms with van der Waals surface area (Å²) in [6.07, 6.45) is 8.43. The Kier molecular flexibility index (Phi) is 4.85. The predicted octanol–water partition coefficient (Wildman–Crippen LogP) is 2.96. The predicted molar refractivity (Wildman–Crippen MR) is 101 cm³/mol. The van der Waals surface area contributed by atoms with Crippen LogP contribution >= 0.6 is 0 Å². The summed E-state index contributed by atoms with van der Waals surface area (Å²) in [6, 6.07) is 11.4. The van der Waals surface area contributed by atoms with Gasteiger partial charge >= 0.3 is 0 Å². The minimum Gasteiger partial charge on any atom is -0.361 e. The summed E-state index contributed by atoms with van der Waals surface area (Å²) >= 11 is 0. The standard InChI is InChI=1S/C20H27N5/c1-23(16-17-4-2-5-20-19(17)6-10-21-20)18-7-12-24(13-8-18)14-15-25-11-3-9-22-25/h2-6,9-11,18,21H,7-8,12-16H2,1H3. The molecular formula is C20H27N5. The second-order valence-electron chi connectivity index (χ2n) is 7.11. The maximum atomic E-state index is 4.29. The van der Waals surface area contributed by atoms with E-state index in [-0.39, 0.29) is 0 Å². The Morgan fingerprint density at radius 1 is 1.16 bits per heavy atom. The minimum atomic E-state index is 0.676. The monoisotopic (exact) mass is 337 g/mol. The van der Waals surface area contributed by atoms with Crippen LogP contribution in [0.15, 0.2) is 48.9 Å². The van der Waals surface area contributed by atoms with Gasteiger partial charge < -0.3 is 9.88 Å². The average Bonchev–Trinajstić information content (AvgIpc) is 3.32. The van der Waals surface area contributed by atoms with Gasteiger partial charge in [0.05, 0.1) is 6.54 Å². The number of nitrogens with zero attached hydrogens (tertiary/aromatic N) is 4. The van der Waals surface area contributed by atoms with E-state index in [0.29, 0.717) is 6.04 Å². The van der Waals surface area contributed by atoms with Crippen molar-refractivity contribution in [1.82, 2.24) is 24.6 Å². The van der Waals surface area contributed by atoms with E-state index < -0.39 is 0 Å². The highest BCUT2D eigenvalue weighted by molar-refractivity contribution is 5.82. The van der Waals surface area contributed by atoms with Crippen LogP contribution in [0.2, 0.25) is 0 Å². The molecule has 0 atom stereocenters. The fourth-order valence-electron chi connectivity index (χ4n) is 3.95. The first kappa shape index (κ1) is 16.4. The third-order valence-corrected chi connectivity index (χ3v) is 5.49. The van der Waals surface area contributed by atoms with Gasteiger partial charge in [0.25, 0.3) is 0 Å². The number of rotatable bonds is 6. The van der Waals surface area contributed by atoms with Gasteiger partial charge in [-0.25, -0.2) is 0 Å². The van der Waals surface area contributed by atoms with Gasteiger partial charge in [-0.1, -0.05) is 12.1 Å². The third-order valence-electron chi connectivity index (χ3n) is 5.49. The highest BCUT2D eigenvalue weighted by Crippen LogP contribution is 2.22. The largest absolute Gasteiger partial charge is 0.361 e. The molecule has 1 fully saturated rings. The summed E-state index contributed by atoms with van der Waals surface area (Å²) in [5, 5.41) is 5.64. The van der Waals surface area contributed by atoms with Crippen LogP contribution in [0.5, 0.6) is 0 Å². The summed E-state index contributed by atoms with van der Waals surface area (Å²) in [4.78, 5) is 8.41. The molecule has 4 rings (SSSR count). The molecule has 0 radical (unpaired) electrons. The van der Waals surface area contributed by atoms with E-state index in [1.165, 1.54) is 42.4 Å². The number of aromatic amines is 1. The maximum Gasteiger partial charge on any atom is 0.0536 e. The van der Waals surface area contributed by atoms with E-state index in [0.717, 1.165) is 19.6 Å². The van der Waals surface area contributed by atoms with Crippen LogP contribution in [0.4, 0.5) is 0 Å². The number of H-pyrrole nitrogens is 1. The van der Waals surface area contributed by atoms with E-state index in [2.05, 4.69) is 51.2 Å². The molecule has 1 saturated heterocycles. The van der Waals surface area contributed by atoms with E-state index in [1.54, 1.807) is 0 Å². The number of piperidine rings is 1. The summed E-state index contributed by atoms with van der Waals surface area (Å²) in [5.74, 6) is 0. The Bertz CT molecular complexity index is 783. The summed E-state index contributed by atoms with van der Waals surface area (Å²) in [6.45, 7) is 5.48. The van der Waals surface area contributed by atoms with Crippen molar-refractivity contribution in [3.63, 3.8) is 0 Å². The van der Waals surface area contributed by atoms with Crippen LogP contribution in [0, 0.1) is 0 Å². The lowest BCUT2D eigenvalue weighted by molar-refractivity contribution is 0.120. The second-order valence-corrected chi connectivity index (χ2v) is 7.11. The normalized spacial score (nSPS) is 16.9. The number of fused-ring (bicyclic) bond motifs is 1. The van der Waals surface area contributed by atoms with Gasteiger partial charge in [0.2, 0.25) is 0 Å². The van der Waals surface area contributed by atoms with E-state index in [9.17, 15) is 0 Å². The summed E-state index contributed by atoms with van der Waals surface area (Å²) < 4.78 is 2.02. The zero-order valence-electron chi connectivity index (χ0n) is 14.9. The van der Waals surface area contributed by atoms with Crippen molar-refractivity contribution in [3.8, 4) is 0 Å². The molecule has 1 N–H and O–H groups in total. The molecule has 3 heterocycles. The van der Waals surface area contributed by atoms with Crippen molar-refractivity contribution >= 4 is 10.9 Å². The van der Waals surface area contributed by atoms with Crippen LogP contribution in [0.25, 0.3) is 10.9 Å². The molecule has 0 spiro atoms. The van der Waals surface area contributed by atoms with Gasteiger partial charge in [-0.2, -0.15) is 5.10 Å². The van der Waals surface area contributed by atoms with E-state index in [1.807, 2.05) is 29.3 Å². The van der Waals surface area contributed by atoms with E-state index in [4.69, 9.17) is 0 Å². The van der Waals surface area contributed by atoms with Crippen LogP contribution in [-0.4, -0.2) is 57.3 Å². The molecule has 1 aliphatic heterocycles. The molecule has 0 saturated carbocycles. The van der Waals surface area contributed by atoms with Crippen molar-refractivity contribution in [2.45, 2.75) is 32.0 Å².